The normalized spacial score (nSPS) is 11.1. The molecule has 3 aromatic rings. The first-order valence-corrected chi connectivity index (χ1v) is 8.92. The Morgan fingerprint density at radius 1 is 0.963 bits per heavy atom. The number of hydrogen-bond donors (Lipinski definition) is 2. The van der Waals surface area contributed by atoms with Gasteiger partial charge in [-0.1, -0.05) is 83.9 Å². The second kappa shape index (κ2) is 8.71. The number of rotatable bonds is 5. The summed E-state index contributed by atoms with van der Waals surface area (Å²) in [7, 11) is 0. The lowest BCUT2D eigenvalue weighted by Crippen LogP contribution is -2.26. The fourth-order valence-corrected chi connectivity index (χ4v) is 3.21. The Hall–Kier alpha value is -2.82. The lowest BCUT2D eigenvalue weighted by Gasteiger charge is -2.16. The Labute approximate surface area is 167 Å². The highest BCUT2D eigenvalue weighted by molar-refractivity contribution is 6.36. The van der Waals surface area contributed by atoms with Crippen molar-refractivity contribution in [3.8, 4) is 5.75 Å². The van der Waals surface area contributed by atoms with Crippen LogP contribution < -0.4 is 5.43 Å². The summed E-state index contributed by atoms with van der Waals surface area (Å²) in [4.78, 5) is 12.8. The van der Waals surface area contributed by atoms with Crippen LogP contribution in [0.2, 0.25) is 10.0 Å². The monoisotopic (exact) mass is 398 g/mol. The van der Waals surface area contributed by atoms with Crippen molar-refractivity contribution in [2.75, 3.05) is 0 Å². The molecule has 2 N–H and O–H groups in total. The molecular formula is C21H16Cl2N2O2. The minimum absolute atomic E-state index is 0.113. The van der Waals surface area contributed by atoms with Gasteiger partial charge >= 0.3 is 0 Å². The standard InChI is InChI=1S/C21H16Cl2N2O2/c22-17-11-16(20(26)18(23)12-17)13-24-25-21(27)19(14-7-3-1-4-8-14)15-9-5-2-6-10-15/h1-13,19,26H,(H,25,27)/b24-13+. The Kier molecular flexibility index (Phi) is 6.12. The Bertz CT molecular complexity index is 921. The number of amides is 1. The number of nitrogens with one attached hydrogen (secondary N) is 1. The molecule has 1 amide bonds. The van der Waals surface area contributed by atoms with Crippen LogP contribution in [-0.4, -0.2) is 17.2 Å². The van der Waals surface area contributed by atoms with Gasteiger partial charge in [0.05, 0.1) is 17.2 Å². The van der Waals surface area contributed by atoms with Crippen molar-refractivity contribution < 1.29 is 9.90 Å². The van der Waals surface area contributed by atoms with Gasteiger partial charge in [-0.25, -0.2) is 5.43 Å². The molecule has 3 rings (SSSR count). The van der Waals surface area contributed by atoms with E-state index in [9.17, 15) is 9.90 Å². The number of benzene rings is 3. The number of hydrogen-bond acceptors (Lipinski definition) is 3. The summed E-state index contributed by atoms with van der Waals surface area (Å²) in [6, 6.07) is 21.8. The van der Waals surface area contributed by atoms with E-state index in [4.69, 9.17) is 23.2 Å². The molecule has 0 heterocycles. The molecule has 0 aromatic heterocycles. The summed E-state index contributed by atoms with van der Waals surface area (Å²) in [5, 5.41) is 14.4. The summed E-state index contributed by atoms with van der Waals surface area (Å²) in [6.07, 6.45) is 1.30. The van der Waals surface area contributed by atoms with Crippen molar-refractivity contribution in [3.05, 3.63) is 99.5 Å². The van der Waals surface area contributed by atoms with E-state index in [-0.39, 0.29) is 16.7 Å². The zero-order valence-electron chi connectivity index (χ0n) is 14.1. The molecule has 0 unspecified atom stereocenters. The van der Waals surface area contributed by atoms with E-state index in [1.54, 1.807) is 0 Å². The molecule has 0 aliphatic rings. The van der Waals surface area contributed by atoms with Crippen LogP contribution in [-0.2, 0) is 4.79 Å². The van der Waals surface area contributed by atoms with Crippen molar-refractivity contribution in [3.63, 3.8) is 0 Å². The van der Waals surface area contributed by atoms with Gasteiger partial charge < -0.3 is 5.11 Å². The number of phenolic OH excluding ortho intramolecular Hbond substituents is 1. The Balaban J connectivity index is 1.84. The number of halogens is 2. The molecule has 0 aliphatic carbocycles. The maximum atomic E-state index is 12.8. The molecule has 3 aromatic carbocycles. The summed E-state index contributed by atoms with van der Waals surface area (Å²) in [5.41, 5.74) is 4.54. The molecule has 0 aliphatic heterocycles. The van der Waals surface area contributed by atoms with Gasteiger partial charge in [0.25, 0.3) is 5.91 Å². The number of aromatic hydroxyl groups is 1. The summed E-state index contributed by atoms with van der Waals surface area (Å²) < 4.78 is 0. The maximum absolute atomic E-state index is 12.8. The van der Waals surface area contributed by atoms with Crippen LogP contribution in [0.4, 0.5) is 0 Å². The highest BCUT2D eigenvalue weighted by Gasteiger charge is 2.22. The molecule has 0 atom stereocenters. The van der Waals surface area contributed by atoms with Crippen LogP contribution in [0.5, 0.6) is 5.75 Å². The maximum Gasteiger partial charge on any atom is 0.252 e. The number of nitrogens with zero attached hydrogens (tertiary/aromatic N) is 1. The highest BCUT2D eigenvalue weighted by Crippen LogP contribution is 2.30. The molecule has 0 radical (unpaired) electrons. The molecule has 0 spiro atoms. The molecule has 27 heavy (non-hydrogen) atoms. The smallest absolute Gasteiger partial charge is 0.252 e. The van der Waals surface area contributed by atoms with E-state index in [1.807, 2.05) is 60.7 Å². The van der Waals surface area contributed by atoms with Gasteiger partial charge in [0.2, 0.25) is 0 Å². The van der Waals surface area contributed by atoms with Crippen molar-refractivity contribution in [1.82, 2.24) is 5.43 Å². The predicted octanol–water partition coefficient (Wildman–Crippen LogP) is 4.98. The fourth-order valence-electron chi connectivity index (χ4n) is 2.70. The summed E-state index contributed by atoms with van der Waals surface area (Å²) in [6.45, 7) is 0. The van der Waals surface area contributed by atoms with E-state index in [0.29, 0.717) is 10.6 Å². The van der Waals surface area contributed by atoms with Crippen molar-refractivity contribution in [1.29, 1.82) is 0 Å². The Morgan fingerprint density at radius 2 is 1.52 bits per heavy atom. The number of phenols is 1. The average molecular weight is 399 g/mol. The number of carbonyl (C=O) groups is 1. The second-order valence-electron chi connectivity index (χ2n) is 5.81. The van der Waals surface area contributed by atoms with Crippen LogP contribution in [0.15, 0.2) is 77.9 Å². The van der Waals surface area contributed by atoms with Crippen LogP contribution in [0.3, 0.4) is 0 Å². The third-order valence-electron chi connectivity index (χ3n) is 3.96. The summed E-state index contributed by atoms with van der Waals surface area (Å²) in [5.74, 6) is -0.959. The van der Waals surface area contributed by atoms with Crippen molar-refractivity contribution >= 4 is 35.3 Å². The van der Waals surface area contributed by atoms with Gasteiger partial charge in [-0.3, -0.25) is 4.79 Å². The zero-order valence-corrected chi connectivity index (χ0v) is 15.7. The van der Waals surface area contributed by atoms with Gasteiger partial charge in [0.1, 0.15) is 5.75 Å². The SMILES string of the molecule is O=C(N/N=C/c1cc(Cl)cc(Cl)c1O)C(c1ccccc1)c1ccccc1. The number of hydrazone groups is 1. The van der Waals surface area contributed by atoms with E-state index < -0.39 is 5.92 Å². The van der Waals surface area contributed by atoms with Gasteiger partial charge in [-0.2, -0.15) is 5.10 Å². The molecule has 6 heteroatoms. The molecule has 4 nitrogen and oxygen atoms in total. The number of carbonyl (C=O) groups excluding carboxylic acids is 1. The minimum atomic E-state index is -0.513. The van der Waals surface area contributed by atoms with Crippen LogP contribution in [0.1, 0.15) is 22.6 Å². The Morgan fingerprint density at radius 3 is 2.07 bits per heavy atom. The lowest BCUT2D eigenvalue weighted by atomic mass is 9.91. The lowest BCUT2D eigenvalue weighted by molar-refractivity contribution is -0.121. The van der Waals surface area contributed by atoms with Gasteiger partial charge in [-0.05, 0) is 23.3 Å². The van der Waals surface area contributed by atoms with E-state index in [2.05, 4.69) is 10.5 Å². The van der Waals surface area contributed by atoms with Crippen LogP contribution >= 0.6 is 23.2 Å². The quantitative estimate of drug-likeness (QED) is 0.470. The molecule has 0 saturated carbocycles. The first-order valence-electron chi connectivity index (χ1n) is 8.17. The van der Waals surface area contributed by atoms with Gasteiger partial charge in [-0.15, -0.1) is 0 Å². The second-order valence-corrected chi connectivity index (χ2v) is 6.66. The average Bonchev–Trinajstić information content (AvgIpc) is 2.67. The first-order chi connectivity index (χ1) is 13.1. The van der Waals surface area contributed by atoms with E-state index in [1.165, 1.54) is 18.3 Å². The molecular weight excluding hydrogens is 383 g/mol. The molecule has 0 fully saturated rings. The fraction of sp³-hybridized carbons (Fsp3) is 0.0476. The van der Waals surface area contributed by atoms with E-state index >= 15 is 0 Å². The molecule has 0 saturated heterocycles. The zero-order chi connectivity index (χ0) is 19.2. The summed E-state index contributed by atoms with van der Waals surface area (Å²) >= 11 is 11.8. The van der Waals surface area contributed by atoms with Gasteiger partial charge in [0, 0.05) is 10.6 Å². The topological polar surface area (TPSA) is 61.7 Å². The largest absolute Gasteiger partial charge is 0.506 e. The predicted molar refractivity (Wildman–Crippen MR) is 109 cm³/mol. The van der Waals surface area contributed by atoms with Gasteiger partial charge in [0.15, 0.2) is 0 Å². The minimum Gasteiger partial charge on any atom is -0.506 e. The van der Waals surface area contributed by atoms with Crippen molar-refractivity contribution in [2.24, 2.45) is 5.10 Å². The first kappa shape index (κ1) is 19.0. The third kappa shape index (κ3) is 4.67. The molecule has 136 valence electrons. The highest BCUT2D eigenvalue weighted by atomic mass is 35.5. The van der Waals surface area contributed by atoms with Crippen LogP contribution in [0.25, 0.3) is 0 Å². The molecule has 0 bridgehead atoms. The van der Waals surface area contributed by atoms with E-state index in [0.717, 1.165) is 11.1 Å². The third-order valence-corrected chi connectivity index (χ3v) is 4.47. The van der Waals surface area contributed by atoms with Crippen LogP contribution in [0, 0.1) is 0 Å². The van der Waals surface area contributed by atoms with Crippen molar-refractivity contribution in [2.45, 2.75) is 5.92 Å².